The Kier molecular flexibility index (Phi) is 3.06. The number of rotatable bonds is 0. The van der Waals surface area contributed by atoms with Gasteiger partial charge in [-0.2, -0.15) is 8.42 Å². The molecule has 0 aromatic rings. The van der Waals surface area contributed by atoms with Gasteiger partial charge in [-0.3, -0.25) is 4.18 Å². The van der Waals surface area contributed by atoms with Crippen LogP contribution in [0.4, 0.5) is 0 Å². The van der Waals surface area contributed by atoms with Crippen LogP contribution in [0, 0.1) is 0 Å². The quantitative estimate of drug-likeness (QED) is 0.322. The van der Waals surface area contributed by atoms with E-state index in [1.807, 2.05) is 0 Å². The third-order valence-electron chi connectivity index (χ3n) is 0.802. The van der Waals surface area contributed by atoms with Gasteiger partial charge in [0.1, 0.15) is 0 Å². The van der Waals surface area contributed by atoms with Crippen molar-refractivity contribution in [3.05, 3.63) is 0 Å². The van der Waals surface area contributed by atoms with E-state index in [9.17, 15) is 8.42 Å². The minimum Gasteiger partial charge on any atom is -0.270 e. The molecular formula is C3H6LiO3S. The Hall–Kier alpha value is 0.507. The third kappa shape index (κ3) is 2.18. The van der Waals surface area contributed by atoms with Gasteiger partial charge >= 0.3 is 0 Å². The van der Waals surface area contributed by atoms with Gasteiger partial charge in [-0.15, -0.1) is 0 Å². The van der Waals surface area contributed by atoms with Crippen LogP contribution >= 0.6 is 0 Å². The molecule has 0 atom stereocenters. The SMILES string of the molecule is O=S1(=O)CCCO1.[Li]. The molecule has 1 rings (SSSR count). The predicted octanol–water partition coefficient (Wildman–Crippen LogP) is -0.644. The molecule has 0 unspecified atom stereocenters. The zero-order valence-corrected chi connectivity index (χ0v) is 5.57. The fraction of sp³-hybridized carbons (Fsp3) is 1.00. The van der Waals surface area contributed by atoms with Gasteiger partial charge in [-0.1, -0.05) is 0 Å². The average molecular weight is 129 g/mol. The summed E-state index contributed by atoms with van der Waals surface area (Å²) in [7, 11) is -3.05. The fourth-order valence-corrected chi connectivity index (χ4v) is 1.44. The van der Waals surface area contributed by atoms with Gasteiger partial charge in [0.25, 0.3) is 10.1 Å². The van der Waals surface area contributed by atoms with Gasteiger partial charge in [0, 0.05) is 18.9 Å². The molecule has 1 saturated heterocycles. The molecule has 1 radical (unpaired) electrons. The molecule has 0 aromatic carbocycles. The van der Waals surface area contributed by atoms with E-state index in [-0.39, 0.29) is 24.6 Å². The van der Waals surface area contributed by atoms with Crippen LogP contribution in [-0.4, -0.2) is 39.6 Å². The molecule has 8 heavy (non-hydrogen) atoms. The van der Waals surface area contributed by atoms with E-state index in [2.05, 4.69) is 4.18 Å². The summed E-state index contributed by atoms with van der Waals surface area (Å²) in [5, 5.41) is 0. The third-order valence-corrected chi connectivity index (χ3v) is 2.12. The van der Waals surface area contributed by atoms with E-state index in [1.165, 1.54) is 0 Å². The maximum absolute atomic E-state index is 10.2. The summed E-state index contributed by atoms with van der Waals surface area (Å²) in [5.41, 5.74) is 0. The first-order valence-electron chi connectivity index (χ1n) is 2.08. The predicted molar refractivity (Wildman–Crippen MR) is 30.1 cm³/mol. The summed E-state index contributed by atoms with van der Waals surface area (Å²) in [4.78, 5) is 0. The van der Waals surface area contributed by atoms with E-state index < -0.39 is 10.1 Å². The van der Waals surface area contributed by atoms with E-state index in [0.717, 1.165) is 0 Å². The van der Waals surface area contributed by atoms with Gasteiger partial charge < -0.3 is 0 Å². The summed E-state index contributed by atoms with van der Waals surface area (Å²) in [6.07, 6.45) is 0.655. The molecule has 1 fully saturated rings. The van der Waals surface area contributed by atoms with E-state index in [4.69, 9.17) is 0 Å². The molecular weight excluding hydrogens is 123 g/mol. The van der Waals surface area contributed by atoms with Gasteiger partial charge in [0.05, 0.1) is 12.4 Å². The Labute approximate surface area is 60.7 Å². The number of hydrogen-bond donors (Lipinski definition) is 0. The zero-order chi connectivity index (χ0) is 5.33. The van der Waals surface area contributed by atoms with Crippen molar-refractivity contribution in [3.8, 4) is 0 Å². The maximum atomic E-state index is 10.2. The van der Waals surface area contributed by atoms with Gasteiger partial charge in [0.15, 0.2) is 0 Å². The standard InChI is InChI=1S/C3H6O3S.Li/c4-7(5)3-1-2-6-7;/h1-3H2;. The first kappa shape index (κ1) is 8.51. The molecule has 5 heteroatoms. The molecule has 0 bridgehead atoms. The first-order chi connectivity index (χ1) is 3.21. The van der Waals surface area contributed by atoms with Crippen molar-refractivity contribution in [2.75, 3.05) is 12.4 Å². The minimum atomic E-state index is -3.05. The van der Waals surface area contributed by atoms with Crippen LogP contribution in [0.1, 0.15) is 6.42 Å². The molecule has 43 valence electrons. The van der Waals surface area contributed by atoms with Crippen LogP contribution in [0.2, 0.25) is 0 Å². The summed E-state index contributed by atoms with van der Waals surface area (Å²) >= 11 is 0. The smallest absolute Gasteiger partial charge is 0.267 e. The van der Waals surface area contributed by atoms with Crippen LogP contribution in [0.5, 0.6) is 0 Å². The summed E-state index contributed by atoms with van der Waals surface area (Å²) in [6.45, 7) is 0.377. The van der Waals surface area contributed by atoms with Crippen LogP contribution in [0.3, 0.4) is 0 Å². The fourth-order valence-electron chi connectivity index (χ4n) is 0.481. The second-order valence-corrected chi connectivity index (χ2v) is 3.20. The molecule has 0 aromatic heterocycles. The Balaban J connectivity index is 0.000000490. The molecule has 1 aliphatic heterocycles. The van der Waals surface area contributed by atoms with Crippen molar-refractivity contribution in [1.82, 2.24) is 0 Å². The van der Waals surface area contributed by atoms with Crippen LogP contribution in [0.25, 0.3) is 0 Å². The zero-order valence-electron chi connectivity index (χ0n) is 4.75. The second-order valence-electron chi connectivity index (χ2n) is 1.44. The summed E-state index contributed by atoms with van der Waals surface area (Å²) < 4.78 is 24.7. The topological polar surface area (TPSA) is 43.4 Å². The summed E-state index contributed by atoms with van der Waals surface area (Å²) in [5.74, 6) is 0.201. The largest absolute Gasteiger partial charge is 0.270 e. The van der Waals surface area contributed by atoms with Crippen molar-refractivity contribution in [2.24, 2.45) is 0 Å². The van der Waals surface area contributed by atoms with Crippen molar-refractivity contribution in [2.45, 2.75) is 6.42 Å². The van der Waals surface area contributed by atoms with Gasteiger partial charge in [-0.25, -0.2) is 0 Å². The normalized spacial score (nSPS) is 24.5. The van der Waals surface area contributed by atoms with E-state index in [1.54, 1.807) is 0 Å². The van der Waals surface area contributed by atoms with Crippen molar-refractivity contribution in [1.29, 1.82) is 0 Å². The Morgan fingerprint density at radius 3 is 2.12 bits per heavy atom. The monoisotopic (exact) mass is 129 g/mol. The van der Waals surface area contributed by atoms with Crippen molar-refractivity contribution >= 4 is 29.0 Å². The molecule has 0 amide bonds. The van der Waals surface area contributed by atoms with Crippen molar-refractivity contribution < 1.29 is 12.6 Å². The maximum Gasteiger partial charge on any atom is 0.267 e. The average Bonchev–Trinajstić information content (AvgIpc) is 1.84. The first-order valence-corrected chi connectivity index (χ1v) is 3.65. The number of hydrogen-bond acceptors (Lipinski definition) is 3. The van der Waals surface area contributed by atoms with Crippen LogP contribution < -0.4 is 0 Å². The molecule has 1 aliphatic rings. The molecule has 0 spiro atoms. The van der Waals surface area contributed by atoms with E-state index in [0.29, 0.717) is 13.0 Å². The molecule has 1 heterocycles. The minimum absolute atomic E-state index is 0. The Bertz CT molecular complexity index is 138. The second kappa shape index (κ2) is 2.88. The molecule has 0 N–H and O–H groups in total. The molecule has 0 aliphatic carbocycles. The Morgan fingerprint density at radius 1 is 1.38 bits per heavy atom. The molecule has 3 nitrogen and oxygen atoms in total. The van der Waals surface area contributed by atoms with E-state index >= 15 is 0 Å². The molecule has 0 saturated carbocycles. The van der Waals surface area contributed by atoms with Crippen molar-refractivity contribution in [3.63, 3.8) is 0 Å². The van der Waals surface area contributed by atoms with Crippen LogP contribution in [0.15, 0.2) is 0 Å². The van der Waals surface area contributed by atoms with Crippen LogP contribution in [-0.2, 0) is 14.3 Å². The summed E-state index contributed by atoms with van der Waals surface area (Å²) in [6, 6.07) is 0. The Morgan fingerprint density at radius 2 is 2.00 bits per heavy atom. The van der Waals surface area contributed by atoms with Gasteiger partial charge in [0.2, 0.25) is 0 Å². The van der Waals surface area contributed by atoms with Gasteiger partial charge in [-0.05, 0) is 6.42 Å².